The predicted molar refractivity (Wildman–Crippen MR) is 89.5 cm³/mol. The molecule has 2 aromatic heterocycles. The molecule has 3 aromatic rings. The molecule has 3 rings (SSSR count). The zero-order chi connectivity index (χ0) is 15.6. The van der Waals surface area contributed by atoms with E-state index >= 15 is 0 Å². The smallest absolute Gasteiger partial charge is 0.278 e. The summed E-state index contributed by atoms with van der Waals surface area (Å²) in [6, 6.07) is 14.5. The number of thiophene rings is 1. The minimum atomic E-state index is -3.68. The highest BCUT2D eigenvalue weighted by atomic mass is 32.2. The van der Waals surface area contributed by atoms with Gasteiger partial charge in [0.25, 0.3) is 10.0 Å². The summed E-state index contributed by atoms with van der Waals surface area (Å²) in [5, 5.41) is 2.00. The van der Waals surface area contributed by atoms with Gasteiger partial charge in [0, 0.05) is 11.1 Å². The summed E-state index contributed by atoms with van der Waals surface area (Å²) in [4.78, 5) is 5.00. The Kier molecular flexibility index (Phi) is 3.96. The summed E-state index contributed by atoms with van der Waals surface area (Å²) < 4.78 is 27.4. The number of rotatable bonds is 4. The van der Waals surface area contributed by atoms with Crippen molar-refractivity contribution in [3.05, 3.63) is 65.7 Å². The fourth-order valence-corrected chi connectivity index (χ4v) is 3.83. The Bertz CT molecular complexity index is 874. The molecule has 0 fully saturated rings. The largest absolute Gasteiger partial charge is 0.279 e. The second-order valence-corrected chi connectivity index (χ2v) is 7.36. The van der Waals surface area contributed by atoms with E-state index in [1.165, 1.54) is 12.3 Å². The van der Waals surface area contributed by atoms with Gasteiger partial charge in [0.05, 0.1) is 5.69 Å². The van der Waals surface area contributed by atoms with Gasteiger partial charge in [0.15, 0.2) is 5.03 Å². The number of nitrogens with zero attached hydrogens (tertiary/aromatic N) is 1. The summed E-state index contributed by atoms with van der Waals surface area (Å²) in [7, 11) is -3.68. The number of aryl methyl sites for hydroxylation is 1. The third-order valence-corrected chi connectivity index (χ3v) is 5.40. The fourth-order valence-electron chi connectivity index (χ4n) is 2.03. The van der Waals surface area contributed by atoms with Crippen LogP contribution in [0.1, 0.15) is 5.56 Å². The van der Waals surface area contributed by atoms with Crippen molar-refractivity contribution in [1.29, 1.82) is 0 Å². The maximum absolute atomic E-state index is 12.4. The number of sulfonamides is 1. The van der Waals surface area contributed by atoms with Crippen molar-refractivity contribution in [3.8, 4) is 10.4 Å². The number of aromatic nitrogens is 1. The number of anilines is 1. The van der Waals surface area contributed by atoms with Gasteiger partial charge in [0.2, 0.25) is 0 Å². The third-order valence-electron chi connectivity index (χ3n) is 3.20. The lowest BCUT2D eigenvalue weighted by Crippen LogP contribution is -2.15. The van der Waals surface area contributed by atoms with Crippen molar-refractivity contribution in [3.63, 3.8) is 0 Å². The van der Waals surface area contributed by atoms with E-state index in [4.69, 9.17) is 0 Å². The normalized spacial score (nSPS) is 11.3. The van der Waals surface area contributed by atoms with Gasteiger partial charge in [-0.15, -0.1) is 11.3 Å². The first-order chi connectivity index (χ1) is 10.6. The van der Waals surface area contributed by atoms with Crippen LogP contribution in [0.3, 0.4) is 0 Å². The quantitative estimate of drug-likeness (QED) is 0.789. The molecule has 0 aliphatic heterocycles. The highest BCUT2D eigenvalue weighted by Crippen LogP contribution is 2.29. The molecule has 112 valence electrons. The molecule has 1 N–H and O–H groups in total. The van der Waals surface area contributed by atoms with Crippen LogP contribution in [0.15, 0.2) is 65.1 Å². The lowest BCUT2D eigenvalue weighted by Gasteiger charge is -2.11. The SMILES string of the molecule is Cc1ccc(-c2cccs2)cc1NS(=O)(=O)c1ccccn1. The molecule has 0 atom stereocenters. The number of hydrogen-bond donors (Lipinski definition) is 1. The summed E-state index contributed by atoms with van der Waals surface area (Å²) in [6.07, 6.45) is 1.46. The average molecular weight is 330 g/mol. The van der Waals surface area contributed by atoms with Crippen LogP contribution in [0.4, 0.5) is 5.69 Å². The van der Waals surface area contributed by atoms with E-state index in [0.29, 0.717) is 5.69 Å². The van der Waals surface area contributed by atoms with E-state index in [2.05, 4.69) is 9.71 Å². The molecule has 4 nitrogen and oxygen atoms in total. The van der Waals surface area contributed by atoms with Crippen LogP contribution >= 0.6 is 11.3 Å². The highest BCUT2D eigenvalue weighted by molar-refractivity contribution is 7.92. The molecular weight excluding hydrogens is 316 g/mol. The van der Waals surface area contributed by atoms with Gasteiger partial charge in [-0.1, -0.05) is 24.3 Å². The van der Waals surface area contributed by atoms with E-state index in [-0.39, 0.29) is 5.03 Å². The Labute approximate surface area is 133 Å². The molecule has 0 aliphatic rings. The Balaban J connectivity index is 1.97. The molecule has 0 saturated carbocycles. The zero-order valence-electron chi connectivity index (χ0n) is 11.9. The van der Waals surface area contributed by atoms with Crippen molar-refractivity contribution in [2.45, 2.75) is 11.9 Å². The fraction of sp³-hybridized carbons (Fsp3) is 0.0625. The summed E-state index contributed by atoms with van der Waals surface area (Å²) in [5.74, 6) is 0. The second-order valence-electron chi connectivity index (χ2n) is 4.78. The van der Waals surface area contributed by atoms with Crippen molar-refractivity contribution < 1.29 is 8.42 Å². The molecule has 0 bridgehead atoms. The van der Waals surface area contributed by atoms with Crippen LogP contribution in [0.25, 0.3) is 10.4 Å². The standard InChI is InChI=1S/C16H14N2O2S2/c1-12-7-8-13(15-5-4-10-21-15)11-14(12)18-22(19,20)16-6-2-3-9-17-16/h2-11,18H,1H3. The van der Waals surface area contributed by atoms with Gasteiger partial charge < -0.3 is 0 Å². The molecular formula is C16H14N2O2S2. The van der Waals surface area contributed by atoms with Crippen LogP contribution in [0, 0.1) is 6.92 Å². The lowest BCUT2D eigenvalue weighted by molar-refractivity contribution is 0.597. The maximum atomic E-state index is 12.4. The molecule has 6 heteroatoms. The van der Waals surface area contributed by atoms with E-state index in [1.807, 2.05) is 42.6 Å². The maximum Gasteiger partial charge on any atom is 0.279 e. The first-order valence-electron chi connectivity index (χ1n) is 6.65. The van der Waals surface area contributed by atoms with E-state index in [1.54, 1.807) is 23.5 Å². The van der Waals surface area contributed by atoms with Crippen molar-refractivity contribution in [2.75, 3.05) is 4.72 Å². The highest BCUT2D eigenvalue weighted by Gasteiger charge is 2.16. The first kappa shape index (κ1) is 14.7. The Morgan fingerprint density at radius 1 is 1.09 bits per heavy atom. The summed E-state index contributed by atoms with van der Waals surface area (Å²) >= 11 is 1.62. The van der Waals surface area contributed by atoms with Gasteiger partial charge in [-0.3, -0.25) is 4.72 Å². The monoisotopic (exact) mass is 330 g/mol. The van der Waals surface area contributed by atoms with Gasteiger partial charge in [-0.05, 0) is 47.7 Å². The van der Waals surface area contributed by atoms with E-state index in [0.717, 1.165) is 16.0 Å². The number of nitrogens with one attached hydrogen (secondary N) is 1. The summed E-state index contributed by atoms with van der Waals surface area (Å²) in [5.41, 5.74) is 2.41. The van der Waals surface area contributed by atoms with E-state index in [9.17, 15) is 8.42 Å². The average Bonchev–Trinajstić information content (AvgIpc) is 3.04. The van der Waals surface area contributed by atoms with Crippen molar-refractivity contribution >= 4 is 27.0 Å². The molecule has 0 spiro atoms. The molecule has 0 aliphatic carbocycles. The predicted octanol–water partition coefficient (Wildman–Crippen LogP) is 3.92. The zero-order valence-corrected chi connectivity index (χ0v) is 13.5. The van der Waals surface area contributed by atoms with Crippen LogP contribution < -0.4 is 4.72 Å². The Hall–Kier alpha value is -2.18. The second kappa shape index (κ2) is 5.90. The van der Waals surface area contributed by atoms with Gasteiger partial charge in [-0.2, -0.15) is 8.42 Å². The molecule has 0 unspecified atom stereocenters. The number of benzene rings is 1. The summed E-state index contributed by atoms with van der Waals surface area (Å²) in [6.45, 7) is 1.87. The Morgan fingerprint density at radius 3 is 2.64 bits per heavy atom. The molecule has 0 saturated heterocycles. The number of hydrogen-bond acceptors (Lipinski definition) is 4. The molecule has 2 heterocycles. The molecule has 0 radical (unpaired) electrons. The van der Waals surface area contributed by atoms with Gasteiger partial charge >= 0.3 is 0 Å². The van der Waals surface area contributed by atoms with Crippen molar-refractivity contribution in [2.24, 2.45) is 0 Å². The Morgan fingerprint density at radius 2 is 1.95 bits per heavy atom. The molecule has 22 heavy (non-hydrogen) atoms. The topological polar surface area (TPSA) is 59.1 Å². The van der Waals surface area contributed by atoms with Crippen LogP contribution in [-0.4, -0.2) is 13.4 Å². The van der Waals surface area contributed by atoms with Crippen LogP contribution in [-0.2, 0) is 10.0 Å². The lowest BCUT2D eigenvalue weighted by atomic mass is 10.1. The molecule has 1 aromatic carbocycles. The van der Waals surface area contributed by atoms with E-state index < -0.39 is 10.0 Å². The van der Waals surface area contributed by atoms with Gasteiger partial charge in [-0.25, -0.2) is 4.98 Å². The minimum absolute atomic E-state index is 0.0101. The van der Waals surface area contributed by atoms with Gasteiger partial charge in [0.1, 0.15) is 0 Å². The van der Waals surface area contributed by atoms with Crippen LogP contribution in [0.5, 0.6) is 0 Å². The van der Waals surface area contributed by atoms with Crippen LogP contribution in [0.2, 0.25) is 0 Å². The first-order valence-corrected chi connectivity index (χ1v) is 9.01. The molecule has 0 amide bonds. The third kappa shape index (κ3) is 3.03. The van der Waals surface area contributed by atoms with Crippen molar-refractivity contribution in [1.82, 2.24) is 4.98 Å². The number of pyridine rings is 1. The minimum Gasteiger partial charge on any atom is -0.278 e.